The topological polar surface area (TPSA) is 77.2 Å². The van der Waals surface area contributed by atoms with Gasteiger partial charge in [-0.25, -0.2) is 0 Å². The number of rotatable bonds is 6. The normalized spacial score (nSPS) is 11.8. The Kier molecular flexibility index (Phi) is 5.09. The predicted octanol–water partition coefficient (Wildman–Crippen LogP) is 3.13. The average molecular weight is 337 g/mol. The van der Waals surface area contributed by atoms with Crippen LogP contribution in [0.15, 0.2) is 59.1 Å². The maximum atomic E-state index is 12.1. The zero-order valence-electron chi connectivity index (χ0n) is 14.1. The second-order valence-corrected chi connectivity index (χ2v) is 5.67. The van der Waals surface area contributed by atoms with E-state index in [4.69, 9.17) is 9.26 Å². The number of aryl methyl sites for hydroxylation is 1. The molecule has 1 atom stereocenters. The van der Waals surface area contributed by atoms with E-state index in [2.05, 4.69) is 15.5 Å². The molecular formula is C19H19N3O3. The lowest BCUT2D eigenvalue weighted by atomic mass is 10.1. The van der Waals surface area contributed by atoms with Crippen LogP contribution >= 0.6 is 0 Å². The number of nitrogens with zero attached hydrogens (tertiary/aromatic N) is 2. The molecule has 0 saturated heterocycles. The van der Waals surface area contributed by atoms with E-state index in [0.29, 0.717) is 17.5 Å². The Balaban J connectivity index is 1.54. The van der Waals surface area contributed by atoms with Crippen LogP contribution in [-0.2, 0) is 11.3 Å². The largest absolute Gasteiger partial charge is 0.481 e. The van der Waals surface area contributed by atoms with E-state index in [-0.39, 0.29) is 12.5 Å². The minimum Gasteiger partial charge on any atom is -0.481 e. The molecule has 3 rings (SSSR count). The van der Waals surface area contributed by atoms with Gasteiger partial charge in [0.05, 0.1) is 6.54 Å². The van der Waals surface area contributed by atoms with Crippen LogP contribution in [0, 0.1) is 6.92 Å². The van der Waals surface area contributed by atoms with Crippen molar-refractivity contribution < 1.29 is 14.1 Å². The number of ether oxygens (including phenoxy) is 1. The van der Waals surface area contributed by atoms with Crippen LogP contribution in [0.1, 0.15) is 18.4 Å². The number of amides is 1. The molecule has 25 heavy (non-hydrogen) atoms. The van der Waals surface area contributed by atoms with Crippen LogP contribution in [-0.4, -0.2) is 22.2 Å². The van der Waals surface area contributed by atoms with Crippen molar-refractivity contribution >= 4 is 5.91 Å². The Morgan fingerprint density at radius 2 is 1.88 bits per heavy atom. The molecule has 1 aromatic heterocycles. The highest BCUT2D eigenvalue weighted by Gasteiger charge is 2.16. The zero-order valence-corrected chi connectivity index (χ0v) is 14.1. The molecule has 0 aliphatic rings. The average Bonchev–Trinajstić information content (AvgIpc) is 3.10. The molecule has 0 bridgehead atoms. The fourth-order valence-corrected chi connectivity index (χ4v) is 2.21. The Hall–Kier alpha value is -3.15. The number of aromatic nitrogens is 2. The molecule has 0 unspecified atom stereocenters. The lowest BCUT2D eigenvalue weighted by molar-refractivity contribution is -0.127. The van der Waals surface area contributed by atoms with Gasteiger partial charge in [-0.1, -0.05) is 53.2 Å². The predicted molar refractivity (Wildman–Crippen MR) is 92.8 cm³/mol. The molecule has 1 amide bonds. The smallest absolute Gasteiger partial charge is 0.261 e. The van der Waals surface area contributed by atoms with Gasteiger partial charge in [0.25, 0.3) is 5.91 Å². The van der Waals surface area contributed by atoms with Gasteiger partial charge in [0, 0.05) is 5.56 Å². The monoisotopic (exact) mass is 337 g/mol. The van der Waals surface area contributed by atoms with E-state index < -0.39 is 6.10 Å². The molecule has 6 nitrogen and oxygen atoms in total. The highest BCUT2D eigenvalue weighted by Crippen LogP contribution is 2.16. The molecule has 1 heterocycles. The van der Waals surface area contributed by atoms with E-state index in [1.165, 1.54) is 0 Å². The lowest BCUT2D eigenvalue weighted by Gasteiger charge is -2.13. The number of hydrogen-bond donors (Lipinski definition) is 1. The minimum atomic E-state index is -0.623. The Labute approximate surface area is 145 Å². The van der Waals surface area contributed by atoms with Crippen molar-refractivity contribution in [3.63, 3.8) is 0 Å². The summed E-state index contributed by atoms with van der Waals surface area (Å²) in [6.45, 7) is 3.85. The third-order valence-corrected chi connectivity index (χ3v) is 3.62. The first-order chi connectivity index (χ1) is 12.1. The lowest BCUT2D eigenvalue weighted by Crippen LogP contribution is -2.35. The maximum absolute atomic E-state index is 12.1. The summed E-state index contributed by atoms with van der Waals surface area (Å²) in [6.07, 6.45) is -0.623. The summed E-state index contributed by atoms with van der Waals surface area (Å²) in [5, 5.41) is 6.67. The van der Waals surface area contributed by atoms with Gasteiger partial charge in [-0.15, -0.1) is 0 Å². The Bertz CT molecular complexity index is 829. The molecule has 0 radical (unpaired) electrons. The fourth-order valence-electron chi connectivity index (χ4n) is 2.21. The van der Waals surface area contributed by atoms with E-state index in [0.717, 1.165) is 11.1 Å². The van der Waals surface area contributed by atoms with Gasteiger partial charge in [-0.05, 0) is 26.0 Å². The van der Waals surface area contributed by atoms with Crippen molar-refractivity contribution in [1.29, 1.82) is 0 Å². The van der Waals surface area contributed by atoms with E-state index in [9.17, 15) is 4.79 Å². The maximum Gasteiger partial charge on any atom is 0.261 e. The molecule has 0 spiro atoms. The molecule has 0 aliphatic heterocycles. The first kappa shape index (κ1) is 16.7. The number of hydrogen-bond acceptors (Lipinski definition) is 5. The Morgan fingerprint density at radius 1 is 1.16 bits per heavy atom. The van der Waals surface area contributed by atoms with Crippen molar-refractivity contribution in [3.8, 4) is 17.1 Å². The zero-order chi connectivity index (χ0) is 17.6. The summed E-state index contributed by atoms with van der Waals surface area (Å²) in [5.74, 6) is 1.23. The summed E-state index contributed by atoms with van der Waals surface area (Å²) in [6, 6.07) is 17.0. The van der Waals surface area contributed by atoms with Crippen molar-refractivity contribution in [1.82, 2.24) is 15.5 Å². The van der Waals surface area contributed by atoms with E-state index in [1.807, 2.05) is 49.4 Å². The summed E-state index contributed by atoms with van der Waals surface area (Å²) >= 11 is 0. The summed E-state index contributed by atoms with van der Waals surface area (Å²) in [5.41, 5.74) is 2.03. The van der Waals surface area contributed by atoms with Gasteiger partial charge in [0.2, 0.25) is 11.7 Å². The first-order valence-electron chi connectivity index (χ1n) is 8.01. The summed E-state index contributed by atoms with van der Waals surface area (Å²) < 4.78 is 10.8. The quantitative estimate of drug-likeness (QED) is 0.748. The molecule has 0 fully saturated rings. The van der Waals surface area contributed by atoms with Gasteiger partial charge in [-0.2, -0.15) is 4.98 Å². The van der Waals surface area contributed by atoms with Gasteiger partial charge in [-0.3, -0.25) is 4.79 Å². The second kappa shape index (κ2) is 7.61. The van der Waals surface area contributed by atoms with Crippen molar-refractivity contribution in [2.24, 2.45) is 0 Å². The highest BCUT2D eigenvalue weighted by molar-refractivity contribution is 5.80. The first-order valence-corrected chi connectivity index (χ1v) is 8.01. The third-order valence-electron chi connectivity index (χ3n) is 3.62. The van der Waals surface area contributed by atoms with Crippen LogP contribution < -0.4 is 10.1 Å². The summed E-state index contributed by atoms with van der Waals surface area (Å²) in [4.78, 5) is 16.4. The second-order valence-electron chi connectivity index (χ2n) is 5.67. The molecule has 6 heteroatoms. The number of nitrogens with one attached hydrogen (secondary N) is 1. The molecule has 1 N–H and O–H groups in total. The number of carbonyl (C=O) groups is 1. The molecule has 2 aromatic carbocycles. The van der Waals surface area contributed by atoms with Crippen molar-refractivity contribution in [3.05, 3.63) is 66.1 Å². The van der Waals surface area contributed by atoms with Crippen LogP contribution in [0.5, 0.6) is 5.75 Å². The molecule has 0 aliphatic carbocycles. The van der Waals surface area contributed by atoms with Crippen molar-refractivity contribution in [2.75, 3.05) is 0 Å². The standard InChI is InChI=1S/C19H19N3O3/c1-13-8-10-15(11-9-13)18-21-17(25-22-18)12-20-19(23)14(2)24-16-6-4-3-5-7-16/h3-11,14H,12H2,1-2H3,(H,20,23)/t14-/m0/s1. The van der Waals surface area contributed by atoms with Crippen LogP contribution in [0.3, 0.4) is 0 Å². The van der Waals surface area contributed by atoms with Gasteiger partial charge in [0.1, 0.15) is 5.75 Å². The molecular weight excluding hydrogens is 318 g/mol. The highest BCUT2D eigenvalue weighted by atomic mass is 16.5. The molecule has 3 aromatic rings. The van der Waals surface area contributed by atoms with Gasteiger partial charge in [0.15, 0.2) is 6.10 Å². The van der Waals surface area contributed by atoms with Gasteiger partial charge < -0.3 is 14.6 Å². The van der Waals surface area contributed by atoms with Crippen LogP contribution in [0.4, 0.5) is 0 Å². The molecule has 128 valence electrons. The fraction of sp³-hybridized carbons (Fsp3) is 0.211. The number of benzene rings is 2. The van der Waals surface area contributed by atoms with E-state index in [1.54, 1.807) is 19.1 Å². The van der Waals surface area contributed by atoms with Gasteiger partial charge >= 0.3 is 0 Å². The van der Waals surface area contributed by atoms with E-state index >= 15 is 0 Å². The third kappa shape index (κ3) is 4.44. The summed E-state index contributed by atoms with van der Waals surface area (Å²) in [7, 11) is 0. The van der Waals surface area contributed by atoms with Crippen molar-refractivity contribution in [2.45, 2.75) is 26.5 Å². The number of para-hydroxylation sites is 1. The van der Waals surface area contributed by atoms with Crippen LogP contribution in [0.25, 0.3) is 11.4 Å². The molecule has 0 saturated carbocycles. The van der Waals surface area contributed by atoms with Crippen LogP contribution in [0.2, 0.25) is 0 Å². The SMILES string of the molecule is Cc1ccc(-c2noc(CNC(=O)[C@H](C)Oc3ccccc3)n2)cc1. The number of carbonyl (C=O) groups excluding carboxylic acids is 1. The Morgan fingerprint density at radius 3 is 2.60 bits per heavy atom. The minimum absolute atomic E-state index is 0.153.